The number of aryl methyl sites for hydroxylation is 2. The summed E-state index contributed by atoms with van der Waals surface area (Å²) >= 11 is 0. The maximum atomic E-state index is 7.59. The predicted molar refractivity (Wildman–Crippen MR) is 88.0 cm³/mol. The van der Waals surface area contributed by atoms with Crippen LogP contribution in [-0.2, 0) is 13.0 Å². The van der Waals surface area contributed by atoms with Gasteiger partial charge in [0, 0.05) is 24.3 Å². The molecule has 0 unspecified atom stereocenters. The summed E-state index contributed by atoms with van der Waals surface area (Å²) in [4.78, 5) is 2.42. The predicted octanol–water partition coefficient (Wildman–Crippen LogP) is 3.23. The molecule has 0 saturated carbocycles. The highest BCUT2D eigenvalue weighted by molar-refractivity contribution is 5.96. The Morgan fingerprint density at radius 3 is 2.62 bits per heavy atom. The molecule has 108 valence electrons. The minimum Gasteiger partial charge on any atom is -0.384 e. The van der Waals surface area contributed by atoms with Gasteiger partial charge in [-0.05, 0) is 54.7 Å². The lowest BCUT2D eigenvalue weighted by molar-refractivity contribution is 0.765. The standard InChI is InChI=1S/C18H21N3/c1-13-11-16(8-9-17(13)18(19)20)21-10-4-7-14-5-2-3-6-15(14)12-21/h2-3,5-6,8-9,11H,4,7,10,12H2,1H3,(H3,19,20). The van der Waals surface area contributed by atoms with E-state index in [1.807, 2.05) is 13.0 Å². The summed E-state index contributed by atoms with van der Waals surface area (Å²) in [6.07, 6.45) is 2.32. The number of anilines is 1. The Kier molecular flexibility index (Phi) is 3.65. The molecule has 0 fully saturated rings. The van der Waals surface area contributed by atoms with Crippen LogP contribution in [0.4, 0.5) is 5.69 Å². The molecule has 0 amide bonds. The van der Waals surface area contributed by atoms with E-state index in [-0.39, 0.29) is 5.84 Å². The van der Waals surface area contributed by atoms with Gasteiger partial charge >= 0.3 is 0 Å². The molecule has 3 nitrogen and oxygen atoms in total. The molecule has 0 saturated heterocycles. The Morgan fingerprint density at radius 1 is 1.14 bits per heavy atom. The first-order valence-corrected chi connectivity index (χ1v) is 7.42. The number of hydrogen-bond donors (Lipinski definition) is 2. The van der Waals surface area contributed by atoms with Crippen molar-refractivity contribution in [2.45, 2.75) is 26.3 Å². The largest absolute Gasteiger partial charge is 0.384 e. The number of rotatable bonds is 2. The lowest BCUT2D eigenvalue weighted by atomic mass is 10.0. The summed E-state index contributed by atoms with van der Waals surface area (Å²) in [5.74, 6) is 0.139. The van der Waals surface area contributed by atoms with Gasteiger partial charge in [-0.15, -0.1) is 0 Å². The van der Waals surface area contributed by atoms with Gasteiger partial charge < -0.3 is 10.6 Å². The van der Waals surface area contributed by atoms with Crippen LogP contribution in [0.3, 0.4) is 0 Å². The van der Waals surface area contributed by atoms with E-state index in [1.54, 1.807) is 0 Å². The summed E-state index contributed by atoms with van der Waals surface area (Å²) in [5, 5.41) is 7.59. The van der Waals surface area contributed by atoms with Gasteiger partial charge in [-0.1, -0.05) is 24.3 Å². The van der Waals surface area contributed by atoms with Gasteiger partial charge in [0.05, 0.1) is 0 Å². The van der Waals surface area contributed by atoms with E-state index in [1.165, 1.54) is 23.2 Å². The zero-order valence-electron chi connectivity index (χ0n) is 12.4. The second-order valence-corrected chi connectivity index (χ2v) is 5.71. The number of benzene rings is 2. The Labute approximate surface area is 125 Å². The van der Waals surface area contributed by atoms with E-state index in [4.69, 9.17) is 11.1 Å². The quantitative estimate of drug-likeness (QED) is 0.655. The molecule has 1 heterocycles. The van der Waals surface area contributed by atoms with Crippen LogP contribution in [0.5, 0.6) is 0 Å². The molecule has 2 aromatic rings. The zero-order valence-corrected chi connectivity index (χ0v) is 12.4. The average Bonchev–Trinajstić information content (AvgIpc) is 2.68. The summed E-state index contributed by atoms with van der Waals surface area (Å²) in [5.41, 5.74) is 11.6. The highest BCUT2D eigenvalue weighted by Crippen LogP contribution is 2.25. The smallest absolute Gasteiger partial charge is 0.123 e. The summed E-state index contributed by atoms with van der Waals surface area (Å²) in [6.45, 7) is 4.04. The Bertz CT molecular complexity index is 676. The zero-order chi connectivity index (χ0) is 14.8. The molecule has 3 heteroatoms. The topological polar surface area (TPSA) is 53.1 Å². The highest BCUT2D eigenvalue weighted by Gasteiger charge is 2.15. The number of amidine groups is 1. The van der Waals surface area contributed by atoms with Gasteiger partial charge in [-0.2, -0.15) is 0 Å². The third kappa shape index (κ3) is 2.77. The van der Waals surface area contributed by atoms with Crippen molar-refractivity contribution in [1.82, 2.24) is 0 Å². The molecule has 1 aliphatic heterocycles. The fourth-order valence-electron chi connectivity index (χ4n) is 3.07. The first-order chi connectivity index (χ1) is 10.1. The van der Waals surface area contributed by atoms with Crippen LogP contribution in [0.15, 0.2) is 42.5 Å². The van der Waals surface area contributed by atoms with Gasteiger partial charge in [-0.3, -0.25) is 5.41 Å². The molecule has 0 aromatic heterocycles. The number of fused-ring (bicyclic) bond motifs is 1. The monoisotopic (exact) mass is 279 g/mol. The van der Waals surface area contributed by atoms with Crippen molar-refractivity contribution in [3.8, 4) is 0 Å². The molecule has 2 aromatic carbocycles. The van der Waals surface area contributed by atoms with Gasteiger partial charge in [0.15, 0.2) is 0 Å². The molecule has 0 radical (unpaired) electrons. The average molecular weight is 279 g/mol. The van der Waals surface area contributed by atoms with E-state index in [0.717, 1.165) is 30.6 Å². The van der Waals surface area contributed by atoms with Crippen molar-refractivity contribution in [1.29, 1.82) is 5.41 Å². The number of hydrogen-bond acceptors (Lipinski definition) is 2. The normalized spacial score (nSPS) is 14.4. The van der Waals surface area contributed by atoms with Crippen LogP contribution in [0.2, 0.25) is 0 Å². The minimum atomic E-state index is 0.139. The maximum absolute atomic E-state index is 7.59. The lowest BCUT2D eigenvalue weighted by Gasteiger charge is -2.24. The minimum absolute atomic E-state index is 0.139. The summed E-state index contributed by atoms with van der Waals surface area (Å²) in [6, 6.07) is 14.9. The molecule has 3 rings (SSSR count). The molecule has 0 spiro atoms. The van der Waals surface area contributed by atoms with Crippen molar-refractivity contribution in [2.24, 2.45) is 5.73 Å². The van der Waals surface area contributed by atoms with E-state index >= 15 is 0 Å². The van der Waals surface area contributed by atoms with Crippen molar-refractivity contribution in [2.75, 3.05) is 11.4 Å². The van der Waals surface area contributed by atoms with Crippen molar-refractivity contribution in [3.05, 3.63) is 64.7 Å². The first kappa shape index (κ1) is 13.7. The highest BCUT2D eigenvalue weighted by atomic mass is 15.1. The molecular weight excluding hydrogens is 258 g/mol. The van der Waals surface area contributed by atoms with E-state index in [0.29, 0.717) is 0 Å². The number of nitrogens with zero attached hydrogens (tertiary/aromatic N) is 1. The first-order valence-electron chi connectivity index (χ1n) is 7.42. The van der Waals surface area contributed by atoms with Crippen LogP contribution in [0.25, 0.3) is 0 Å². The summed E-state index contributed by atoms with van der Waals surface area (Å²) < 4.78 is 0. The van der Waals surface area contributed by atoms with Gasteiger partial charge in [0.2, 0.25) is 0 Å². The Morgan fingerprint density at radius 2 is 1.90 bits per heavy atom. The van der Waals surface area contributed by atoms with Crippen LogP contribution in [0, 0.1) is 12.3 Å². The molecule has 21 heavy (non-hydrogen) atoms. The second-order valence-electron chi connectivity index (χ2n) is 5.71. The fraction of sp³-hybridized carbons (Fsp3) is 0.278. The fourth-order valence-corrected chi connectivity index (χ4v) is 3.07. The third-order valence-corrected chi connectivity index (χ3v) is 4.22. The van der Waals surface area contributed by atoms with Crippen molar-refractivity contribution in [3.63, 3.8) is 0 Å². The van der Waals surface area contributed by atoms with Crippen LogP contribution >= 0.6 is 0 Å². The Hall–Kier alpha value is -2.29. The van der Waals surface area contributed by atoms with Gasteiger partial charge in [0.25, 0.3) is 0 Å². The van der Waals surface area contributed by atoms with Crippen molar-refractivity contribution >= 4 is 11.5 Å². The molecule has 0 bridgehead atoms. The second kappa shape index (κ2) is 5.60. The number of nitrogen functional groups attached to an aromatic ring is 1. The molecule has 0 aliphatic carbocycles. The Balaban J connectivity index is 1.91. The van der Waals surface area contributed by atoms with Crippen LogP contribution in [0.1, 0.15) is 28.7 Å². The van der Waals surface area contributed by atoms with E-state index < -0.39 is 0 Å². The van der Waals surface area contributed by atoms with Crippen molar-refractivity contribution < 1.29 is 0 Å². The molecule has 3 N–H and O–H groups in total. The lowest BCUT2D eigenvalue weighted by Crippen LogP contribution is -2.23. The molecule has 0 atom stereocenters. The van der Waals surface area contributed by atoms with E-state index in [2.05, 4.69) is 41.3 Å². The molecule has 1 aliphatic rings. The van der Waals surface area contributed by atoms with Gasteiger partial charge in [0.1, 0.15) is 5.84 Å². The third-order valence-electron chi connectivity index (χ3n) is 4.22. The number of nitrogens with two attached hydrogens (primary N) is 1. The molecular formula is C18H21N3. The maximum Gasteiger partial charge on any atom is 0.123 e. The van der Waals surface area contributed by atoms with Crippen LogP contribution < -0.4 is 10.6 Å². The summed E-state index contributed by atoms with van der Waals surface area (Å²) in [7, 11) is 0. The van der Waals surface area contributed by atoms with E-state index in [9.17, 15) is 0 Å². The van der Waals surface area contributed by atoms with Gasteiger partial charge in [-0.25, -0.2) is 0 Å². The number of nitrogens with one attached hydrogen (secondary N) is 1. The van der Waals surface area contributed by atoms with Crippen LogP contribution in [-0.4, -0.2) is 12.4 Å². The SMILES string of the molecule is Cc1cc(N2CCCc3ccccc3C2)ccc1C(=N)N.